The summed E-state index contributed by atoms with van der Waals surface area (Å²) in [7, 11) is 0. The minimum Gasteiger partial charge on any atom is -0.315 e. The van der Waals surface area contributed by atoms with Gasteiger partial charge in [-0.2, -0.15) is 10.5 Å². The normalized spacial score (nSPS) is 9.68. The van der Waals surface area contributed by atoms with Gasteiger partial charge in [-0.15, -0.1) is 0 Å². The third kappa shape index (κ3) is 2.47. The number of aromatic nitrogens is 3. The highest BCUT2D eigenvalue weighted by Gasteiger charge is 2.12. The quantitative estimate of drug-likeness (QED) is 0.637. The molecule has 8 heteroatoms. The Morgan fingerprint density at radius 3 is 2.79 bits per heavy atom. The van der Waals surface area contributed by atoms with Gasteiger partial charge in [0.2, 0.25) is 0 Å². The predicted octanol–water partition coefficient (Wildman–Crippen LogP) is 1.01. The standard InChI is InChI=1S/C11H8ClN7/c12-7-1-2-11(18-15)17-9(7)5-19-6-16-8(3-13)10(19)4-14/h1-2,6H,5,15H2,(H,17,18). The van der Waals surface area contributed by atoms with Gasteiger partial charge < -0.3 is 9.99 Å². The third-order valence-electron chi connectivity index (χ3n) is 2.44. The Bertz CT molecular complexity index is 692. The minimum absolute atomic E-state index is 0.0757. The van der Waals surface area contributed by atoms with Gasteiger partial charge in [-0.25, -0.2) is 15.8 Å². The zero-order valence-electron chi connectivity index (χ0n) is 9.63. The number of anilines is 1. The molecule has 0 amide bonds. The second-order valence-corrected chi connectivity index (χ2v) is 3.97. The number of hydrogen-bond acceptors (Lipinski definition) is 6. The van der Waals surface area contributed by atoms with Gasteiger partial charge in [-0.3, -0.25) is 0 Å². The molecular formula is C11H8ClN7. The lowest BCUT2D eigenvalue weighted by molar-refractivity contribution is 0.763. The zero-order chi connectivity index (χ0) is 13.8. The number of nitrogens with zero attached hydrogens (tertiary/aromatic N) is 5. The summed E-state index contributed by atoms with van der Waals surface area (Å²) in [4.78, 5) is 8.03. The van der Waals surface area contributed by atoms with E-state index in [4.69, 9.17) is 28.0 Å². The van der Waals surface area contributed by atoms with E-state index in [0.717, 1.165) is 0 Å². The van der Waals surface area contributed by atoms with Gasteiger partial charge in [0.15, 0.2) is 11.4 Å². The molecule has 0 aliphatic rings. The molecule has 2 aromatic heterocycles. The van der Waals surface area contributed by atoms with Crippen molar-refractivity contribution in [1.82, 2.24) is 14.5 Å². The van der Waals surface area contributed by atoms with E-state index in [2.05, 4.69) is 15.4 Å². The average molecular weight is 274 g/mol. The van der Waals surface area contributed by atoms with Crippen molar-refractivity contribution in [3.63, 3.8) is 0 Å². The molecule has 2 heterocycles. The van der Waals surface area contributed by atoms with Crippen molar-refractivity contribution in [3.8, 4) is 12.1 Å². The molecule has 0 atom stereocenters. The van der Waals surface area contributed by atoms with Crippen molar-refractivity contribution in [2.24, 2.45) is 5.84 Å². The molecule has 0 bridgehead atoms. The molecule has 0 saturated carbocycles. The van der Waals surface area contributed by atoms with Crippen molar-refractivity contribution in [3.05, 3.63) is 40.6 Å². The van der Waals surface area contributed by atoms with E-state index in [9.17, 15) is 0 Å². The topological polar surface area (TPSA) is 116 Å². The molecule has 0 saturated heterocycles. The fourth-order valence-corrected chi connectivity index (χ4v) is 1.70. The minimum atomic E-state index is 0.0757. The summed E-state index contributed by atoms with van der Waals surface area (Å²) in [6.45, 7) is 0.228. The first-order valence-corrected chi connectivity index (χ1v) is 5.54. The van der Waals surface area contributed by atoms with Gasteiger partial charge in [0.25, 0.3) is 0 Å². The number of hydrazine groups is 1. The first-order valence-electron chi connectivity index (χ1n) is 5.17. The van der Waals surface area contributed by atoms with Crippen molar-refractivity contribution in [2.75, 3.05) is 5.43 Å². The Morgan fingerprint density at radius 1 is 1.37 bits per heavy atom. The number of nitriles is 2. The smallest absolute Gasteiger partial charge is 0.176 e. The van der Waals surface area contributed by atoms with Crippen molar-refractivity contribution >= 4 is 17.4 Å². The van der Waals surface area contributed by atoms with Crippen molar-refractivity contribution < 1.29 is 0 Å². The lowest BCUT2D eigenvalue weighted by atomic mass is 10.3. The number of imidazole rings is 1. The first kappa shape index (κ1) is 12.8. The van der Waals surface area contributed by atoms with Crippen LogP contribution in [0.2, 0.25) is 5.02 Å². The van der Waals surface area contributed by atoms with Crippen LogP contribution in [0.1, 0.15) is 17.1 Å². The summed E-state index contributed by atoms with van der Waals surface area (Å²) in [6.07, 6.45) is 1.40. The van der Waals surface area contributed by atoms with E-state index in [1.54, 1.807) is 12.1 Å². The first-order chi connectivity index (χ1) is 9.19. The molecule has 7 nitrogen and oxygen atoms in total. The second-order valence-electron chi connectivity index (χ2n) is 3.56. The number of pyridine rings is 1. The Balaban J connectivity index is 2.40. The molecule has 2 aromatic rings. The number of halogens is 1. The summed E-state index contributed by atoms with van der Waals surface area (Å²) in [5.41, 5.74) is 3.19. The fraction of sp³-hybridized carbons (Fsp3) is 0.0909. The average Bonchev–Trinajstić information content (AvgIpc) is 2.83. The summed E-state index contributed by atoms with van der Waals surface area (Å²) in [6, 6.07) is 7.06. The molecule has 0 radical (unpaired) electrons. The third-order valence-corrected chi connectivity index (χ3v) is 2.78. The fourth-order valence-electron chi connectivity index (χ4n) is 1.54. The maximum atomic E-state index is 9.02. The molecular weight excluding hydrogens is 266 g/mol. The lowest BCUT2D eigenvalue weighted by Crippen LogP contribution is -2.11. The van der Waals surface area contributed by atoms with Gasteiger partial charge in [-0.05, 0) is 12.1 Å². The molecule has 0 aliphatic carbocycles. The monoisotopic (exact) mass is 273 g/mol. The number of nitrogens with two attached hydrogens (primary N) is 1. The molecule has 0 spiro atoms. The molecule has 0 aromatic carbocycles. The van der Waals surface area contributed by atoms with Gasteiger partial charge in [-0.1, -0.05) is 11.6 Å². The predicted molar refractivity (Wildman–Crippen MR) is 67.8 cm³/mol. The number of rotatable bonds is 3. The number of hydrogen-bond donors (Lipinski definition) is 2. The maximum absolute atomic E-state index is 9.02. The molecule has 3 N–H and O–H groups in total. The van der Waals surface area contributed by atoms with Crippen LogP contribution < -0.4 is 11.3 Å². The van der Waals surface area contributed by atoms with Gasteiger partial charge >= 0.3 is 0 Å². The van der Waals surface area contributed by atoms with Crippen LogP contribution in [0.4, 0.5) is 5.82 Å². The Morgan fingerprint density at radius 2 is 2.16 bits per heavy atom. The Kier molecular flexibility index (Phi) is 3.62. The van der Waals surface area contributed by atoms with Gasteiger partial charge in [0, 0.05) is 0 Å². The van der Waals surface area contributed by atoms with E-state index in [1.807, 2.05) is 12.1 Å². The molecule has 2 rings (SSSR count). The summed E-state index contributed by atoms with van der Waals surface area (Å²) in [5, 5.41) is 18.3. The van der Waals surface area contributed by atoms with Crippen LogP contribution in [0.3, 0.4) is 0 Å². The second kappa shape index (κ2) is 5.36. The van der Waals surface area contributed by atoms with Crippen molar-refractivity contribution in [1.29, 1.82) is 10.5 Å². The molecule has 94 valence electrons. The van der Waals surface area contributed by atoms with Crippen LogP contribution in [0, 0.1) is 22.7 Å². The highest BCUT2D eigenvalue weighted by atomic mass is 35.5. The van der Waals surface area contributed by atoms with E-state index in [0.29, 0.717) is 16.5 Å². The molecule has 19 heavy (non-hydrogen) atoms. The van der Waals surface area contributed by atoms with E-state index in [-0.39, 0.29) is 17.9 Å². The summed E-state index contributed by atoms with van der Waals surface area (Å²) in [5.74, 6) is 5.73. The maximum Gasteiger partial charge on any atom is 0.176 e. The van der Waals surface area contributed by atoms with E-state index < -0.39 is 0 Å². The highest BCUT2D eigenvalue weighted by Crippen LogP contribution is 2.18. The molecule has 0 fully saturated rings. The van der Waals surface area contributed by atoms with Crippen LogP contribution in [0.15, 0.2) is 18.5 Å². The SMILES string of the molecule is N#Cc1ncn(Cc2nc(NN)ccc2Cl)c1C#N. The Labute approximate surface area is 113 Å². The van der Waals surface area contributed by atoms with Crippen LogP contribution in [0.5, 0.6) is 0 Å². The lowest BCUT2D eigenvalue weighted by Gasteiger charge is -2.07. The Hall–Kier alpha value is -2.61. The van der Waals surface area contributed by atoms with Crippen LogP contribution >= 0.6 is 11.6 Å². The molecule has 0 unspecified atom stereocenters. The van der Waals surface area contributed by atoms with Gasteiger partial charge in [0.05, 0.1) is 23.6 Å². The summed E-state index contributed by atoms with van der Waals surface area (Å²) < 4.78 is 1.51. The highest BCUT2D eigenvalue weighted by molar-refractivity contribution is 6.31. The van der Waals surface area contributed by atoms with Crippen molar-refractivity contribution in [2.45, 2.75) is 6.54 Å². The number of nitrogens with one attached hydrogen (secondary N) is 1. The van der Waals surface area contributed by atoms with Crippen LogP contribution in [0.25, 0.3) is 0 Å². The van der Waals surface area contributed by atoms with E-state index in [1.165, 1.54) is 10.9 Å². The zero-order valence-corrected chi connectivity index (χ0v) is 10.4. The van der Waals surface area contributed by atoms with Gasteiger partial charge in [0.1, 0.15) is 18.0 Å². The van der Waals surface area contributed by atoms with Crippen LogP contribution in [-0.2, 0) is 6.54 Å². The number of nitrogen functional groups attached to an aromatic ring is 1. The largest absolute Gasteiger partial charge is 0.315 e. The van der Waals surface area contributed by atoms with Crippen LogP contribution in [-0.4, -0.2) is 14.5 Å². The molecule has 0 aliphatic heterocycles. The summed E-state index contributed by atoms with van der Waals surface area (Å²) >= 11 is 6.03. The van der Waals surface area contributed by atoms with E-state index >= 15 is 0 Å².